The SMILES string of the molecule is CN(CC(F)CO)C(=O)OCc1ccccc1. The first-order chi connectivity index (χ1) is 8.13. The molecule has 0 heterocycles. The highest BCUT2D eigenvalue weighted by Crippen LogP contribution is 2.03. The topological polar surface area (TPSA) is 49.8 Å². The van der Waals surface area contributed by atoms with Gasteiger partial charge in [0, 0.05) is 7.05 Å². The van der Waals surface area contributed by atoms with Crippen LogP contribution >= 0.6 is 0 Å². The van der Waals surface area contributed by atoms with E-state index in [4.69, 9.17) is 9.84 Å². The number of hydrogen-bond donors (Lipinski definition) is 1. The zero-order chi connectivity index (χ0) is 12.7. The Morgan fingerprint density at radius 1 is 1.47 bits per heavy atom. The summed E-state index contributed by atoms with van der Waals surface area (Å²) in [6.07, 6.45) is -2.05. The van der Waals surface area contributed by atoms with Crippen molar-refractivity contribution in [2.45, 2.75) is 12.8 Å². The van der Waals surface area contributed by atoms with Crippen molar-refractivity contribution in [3.63, 3.8) is 0 Å². The number of benzene rings is 1. The Bertz CT molecular complexity index is 345. The second-order valence-electron chi connectivity index (χ2n) is 3.70. The average Bonchev–Trinajstić information content (AvgIpc) is 2.36. The Morgan fingerprint density at radius 2 is 2.12 bits per heavy atom. The first kappa shape index (κ1) is 13.4. The van der Waals surface area contributed by atoms with Gasteiger partial charge in [0.2, 0.25) is 0 Å². The standard InChI is InChI=1S/C12H16FNO3/c1-14(7-11(13)8-15)12(16)17-9-10-5-3-2-4-6-10/h2-6,11,15H,7-9H2,1H3. The molecule has 0 aromatic heterocycles. The van der Waals surface area contributed by atoms with E-state index in [9.17, 15) is 9.18 Å². The second kappa shape index (κ2) is 6.85. The van der Waals surface area contributed by atoms with Gasteiger partial charge < -0.3 is 14.7 Å². The third-order valence-electron chi connectivity index (χ3n) is 2.19. The first-order valence-corrected chi connectivity index (χ1v) is 5.30. The molecular weight excluding hydrogens is 225 g/mol. The fourth-order valence-electron chi connectivity index (χ4n) is 1.26. The van der Waals surface area contributed by atoms with E-state index in [1.54, 1.807) is 0 Å². The minimum atomic E-state index is -1.44. The molecule has 1 atom stereocenters. The van der Waals surface area contributed by atoms with Crippen LogP contribution in [0.5, 0.6) is 0 Å². The van der Waals surface area contributed by atoms with Crippen molar-refractivity contribution in [2.75, 3.05) is 20.2 Å². The van der Waals surface area contributed by atoms with Crippen LogP contribution in [-0.2, 0) is 11.3 Å². The molecule has 1 unspecified atom stereocenters. The lowest BCUT2D eigenvalue weighted by atomic mass is 10.2. The van der Waals surface area contributed by atoms with Crippen LogP contribution < -0.4 is 0 Å². The number of carbonyl (C=O) groups is 1. The molecule has 0 fully saturated rings. The molecule has 1 N–H and O–H groups in total. The average molecular weight is 241 g/mol. The Labute approximate surface area is 99.6 Å². The lowest BCUT2D eigenvalue weighted by Crippen LogP contribution is -2.34. The van der Waals surface area contributed by atoms with Crippen molar-refractivity contribution in [2.24, 2.45) is 0 Å². The molecule has 0 spiro atoms. The zero-order valence-electron chi connectivity index (χ0n) is 9.67. The fraction of sp³-hybridized carbons (Fsp3) is 0.417. The van der Waals surface area contributed by atoms with Crippen molar-refractivity contribution in [1.29, 1.82) is 0 Å². The first-order valence-electron chi connectivity index (χ1n) is 5.30. The number of rotatable bonds is 5. The fourth-order valence-corrected chi connectivity index (χ4v) is 1.26. The number of carbonyl (C=O) groups excluding carboxylic acids is 1. The molecule has 0 bridgehead atoms. The molecule has 0 aliphatic heterocycles. The predicted molar refractivity (Wildman–Crippen MR) is 61.2 cm³/mol. The lowest BCUT2D eigenvalue weighted by molar-refractivity contribution is 0.0854. The number of aliphatic hydroxyl groups excluding tert-OH is 1. The van der Waals surface area contributed by atoms with Gasteiger partial charge in [-0.05, 0) is 5.56 Å². The monoisotopic (exact) mass is 241 g/mol. The zero-order valence-corrected chi connectivity index (χ0v) is 9.67. The molecule has 0 saturated carbocycles. The van der Waals surface area contributed by atoms with Gasteiger partial charge >= 0.3 is 6.09 Å². The van der Waals surface area contributed by atoms with Gasteiger partial charge in [-0.2, -0.15) is 0 Å². The quantitative estimate of drug-likeness (QED) is 0.851. The van der Waals surface area contributed by atoms with Crippen molar-refractivity contribution >= 4 is 6.09 Å². The molecule has 1 aromatic carbocycles. The largest absolute Gasteiger partial charge is 0.445 e. The van der Waals surface area contributed by atoms with Crippen LogP contribution in [-0.4, -0.2) is 42.5 Å². The normalized spacial score (nSPS) is 11.9. The van der Waals surface area contributed by atoms with E-state index in [0.717, 1.165) is 10.5 Å². The van der Waals surface area contributed by atoms with E-state index in [2.05, 4.69) is 0 Å². The molecule has 0 aliphatic carbocycles. The number of ether oxygens (including phenoxy) is 1. The lowest BCUT2D eigenvalue weighted by Gasteiger charge is -2.18. The van der Waals surface area contributed by atoms with Gasteiger partial charge in [-0.15, -0.1) is 0 Å². The third kappa shape index (κ3) is 4.82. The molecule has 17 heavy (non-hydrogen) atoms. The van der Waals surface area contributed by atoms with E-state index < -0.39 is 18.9 Å². The van der Waals surface area contributed by atoms with Crippen molar-refractivity contribution in [3.8, 4) is 0 Å². The van der Waals surface area contributed by atoms with Crippen LogP contribution in [0.3, 0.4) is 0 Å². The van der Waals surface area contributed by atoms with Gasteiger partial charge in [-0.1, -0.05) is 30.3 Å². The second-order valence-corrected chi connectivity index (χ2v) is 3.70. The minimum absolute atomic E-state index is 0.153. The van der Waals surface area contributed by atoms with Crippen LogP contribution in [0.1, 0.15) is 5.56 Å². The summed E-state index contributed by atoms with van der Waals surface area (Å²) in [5.41, 5.74) is 0.869. The van der Waals surface area contributed by atoms with E-state index >= 15 is 0 Å². The maximum atomic E-state index is 12.8. The number of nitrogens with zero attached hydrogens (tertiary/aromatic N) is 1. The molecule has 1 rings (SSSR count). The maximum absolute atomic E-state index is 12.8. The molecular formula is C12H16FNO3. The number of amides is 1. The van der Waals surface area contributed by atoms with Gasteiger partial charge in [0.1, 0.15) is 12.8 Å². The van der Waals surface area contributed by atoms with Crippen molar-refractivity contribution in [3.05, 3.63) is 35.9 Å². The highest BCUT2D eigenvalue weighted by molar-refractivity contribution is 5.67. The molecule has 94 valence electrons. The van der Waals surface area contributed by atoms with E-state index in [1.807, 2.05) is 30.3 Å². The molecule has 0 aliphatic rings. The number of hydrogen-bond acceptors (Lipinski definition) is 3. The predicted octanol–water partition coefficient (Wildman–Crippen LogP) is 1.59. The summed E-state index contributed by atoms with van der Waals surface area (Å²) in [5, 5.41) is 8.52. The van der Waals surface area contributed by atoms with Crippen LogP contribution in [0.2, 0.25) is 0 Å². The minimum Gasteiger partial charge on any atom is -0.445 e. The van der Waals surface area contributed by atoms with Gasteiger partial charge in [0.05, 0.1) is 13.2 Å². The van der Waals surface area contributed by atoms with E-state index in [1.165, 1.54) is 7.05 Å². The smallest absolute Gasteiger partial charge is 0.409 e. The number of halogens is 1. The summed E-state index contributed by atoms with van der Waals surface area (Å²) in [4.78, 5) is 12.5. The van der Waals surface area contributed by atoms with Gasteiger partial charge in [0.15, 0.2) is 0 Å². The number of aliphatic hydroxyl groups is 1. The number of alkyl halides is 1. The van der Waals surface area contributed by atoms with Gasteiger partial charge in [-0.3, -0.25) is 0 Å². The highest BCUT2D eigenvalue weighted by Gasteiger charge is 2.15. The van der Waals surface area contributed by atoms with Crippen LogP contribution in [0.25, 0.3) is 0 Å². The van der Waals surface area contributed by atoms with E-state index in [0.29, 0.717) is 0 Å². The Hall–Kier alpha value is -1.62. The Kier molecular flexibility index (Phi) is 5.42. The summed E-state index contributed by atoms with van der Waals surface area (Å²) >= 11 is 0. The summed E-state index contributed by atoms with van der Waals surface area (Å²) in [7, 11) is 1.43. The van der Waals surface area contributed by atoms with Gasteiger partial charge in [0.25, 0.3) is 0 Å². The van der Waals surface area contributed by atoms with Gasteiger partial charge in [-0.25, -0.2) is 9.18 Å². The third-order valence-corrected chi connectivity index (χ3v) is 2.19. The maximum Gasteiger partial charge on any atom is 0.409 e. The highest BCUT2D eigenvalue weighted by atomic mass is 19.1. The molecule has 1 aromatic rings. The summed E-state index contributed by atoms with van der Waals surface area (Å²) in [5.74, 6) is 0. The summed E-state index contributed by atoms with van der Waals surface area (Å²) in [6, 6.07) is 9.22. The molecule has 4 nitrogen and oxygen atoms in total. The molecule has 1 amide bonds. The van der Waals surface area contributed by atoms with Crippen molar-refractivity contribution < 1.29 is 19.0 Å². The Morgan fingerprint density at radius 3 is 2.71 bits per heavy atom. The summed E-state index contributed by atoms with van der Waals surface area (Å²) in [6.45, 7) is -0.624. The van der Waals surface area contributed by atoms with Crippen LogP contribution in [0.15, 0.2) is 30.3 Å². The molecule has 5 heteroatoms. The van der Waals surface area contributed by atoms with Crippen molar-refractivity contribution in [1.82, 2.24) is 4.90 Å². The van der Waals surface area contributed by atoms with E-state index in [-0.39, 0.29) is 13.2 Å². The molecule has 0 saturated heterocycles. The summed E-state index contributed by atoms with van der Waals surface area (Å²) < 4.78 is 17.8. The molecule has 0 radical (unpaired) electrons. The van der Waals surface area contributed by atoms with Crippen LogP contribution in [0.4, 0.5) is 9.18 Å². The van der Waals surface area contributed by atoms with Crippen LogP contribution in [0, 0.1) is 0 Å². The Balaban J connectivity index is 2.34.